The van der Waals surface area contributed by atoms with Crippen molar-refractivity contribution in [3.05, 3.63) is 11.3 Å². The molecule has 1 fully saturated rings. The summed E-state index contributed by atoms with van der Waals surface area (Å²) in [5.41, 5.74) is 0. The Morgan fingerprint density at radius 1 is 1.35 bits per heavy atom. The second kappa shape index (κ2) is 11.1. The molecule has 100 valence electrons. The first-order chi connectivity index (χ1) is 7.91. The molecule has 0 aromatic rings. The second-order valence-electron chi connectivity index (χ2n) is 3.12. The molecule has 1 aliphatic heterocycles. The van der Waals surface area contributed by atoms with E-state index >= 15 is 0 Å². The van der Waals surface area contributed by atoms with E-state index in [-0.39, 0.29) is 11.3 Å². The molecule has 0 amide bonds. The zero-order valence-corrected chi connectivity index (χ0v) is 11.9. The molecular formula is C10H23BO5P+. The van der Waals surface area contributed by atoms with Crippen LogP contribution < -0.4 is 0 Å². The van der Waals surface area contributed by atoms with Crippen LogP contribution >= 0.6 is 7.94 Å². The van der Waals surface area contributed by atoms with Crippen molar-refractivity contribution >= 4 is 15.8 Å². The Morgan fingerprint density at radius 2 is 1.82 bits per heavy atom. The van der Waals surface area contributed by atoms with E-state index in [0.29, 0.717) is 6.61 Å². The summed E-state index contributed by atoms with van der Waals surface area (Å²) in [5.74, 6) is 0. The van der Waals surface area contributed by atoms with E-state index < -0.39 is 7.94 Å². The van der Waals surface area contributed by atoms with Gasteiger partial charge in [-0.15, -0.1) is 0 Å². The van der Waals surface area contributed by atoms with E-state index in [4.69, 9.17) is 27.3 Å². The van der Waals surface area contributed by atoms with Gasteiger partial charge in [-0.2, -0.15) is 14.7 Å². The number of rotatable bonds is 2. The third kappa shape index (κ3) is 10.9. The minimum absolute atomic E-state index is 0.184. The fourth-order valence-electron chi connectivity index (χ4n) is 1.02. The van der Waals surface area contributed by atoms with Crippen LogP contribution in [0.15, 0.2) is 11.3 Å². The highest BCUT2D eigenvalue weighted by molar-refractivity contribution is 7.65. The van der Waals surface area contributed by atoms with Crippen LogP contribution in [0, 0.1) is 0 Å². The van der Waals surface area contributed by atoms with Gasteiger partial charge in [0.15, 0.2) is 7.85 Å². The zero-order chi connectivity index (χ0) is 13.9. The highest BCUT2D eigenvalue weighted by Gasteiger charge is 2.33. The molecule has 1 aliphatic rings. The predicted octanol–water partition coefficient (Wildman–Crippen LogP) is 1.20. The zero-order valence-electron chi connectivity index (χ0n) is 11.0. The quantitative estimate of drug-likeness (QED) is 0.516. The van der Waals surface area contributed by atoms with Gasteiger partial charge in [-0.25, -0.2) is 0 Å². The van der Waals surface area contributed by atoms with E-state index in [2.05, 4.69) is 4.74 Å². The molecule has 1 heterocycles. The Hall–Kier alpha value is 0.0349. The summed E-state index contributed by atoms with van der Waals surface area (Å²) < 4.78 is 9.40. The molecule has 0 aliphatic carbocycles. The lowest BCUT2D eigenvalue weighted by Crippen LogP contribution is -2.03. The Kier molecular flexibility index (Phi) is 12.7. The fraction of sp³-hybridized carbons (Fsp3) is 0.800. The molecule has 0 aromatic carbocycles. The SMILES string of the molecule is CC.COC.[B]/C(=C\C1CCCO1)[P+](O)(O)O. The Morgan fingerprint density at radius 3 is 2.12 bits per heavy atom. The standard InChI is InChI=1S/C6H11BO4P.C2H6O.C2H6/c7-6(12(8,9)10)4-5-2-1-3-11-5;1-3-2;1-2/h4-5,8-10H,1-3H2;1-2H3;1-2H3/q+1;;/b6-4+;;. The molecule has 0 bridgehead atoms. The van der Waals surface area contributed by atoms with Crippen molar-refractivity contribution in [3.63, 3.8) is 0 Å². The number of hydrogen-bond donors (Lipinski definition) is 3. The summed E-state index contributed by atoms with van der Waals surface area (Å²) in [6.07, 6.45) is 2.92. The van der Waals surface area contributed by atoms with Gasteiger partial charge >= 0.3 is 7.94 Å². The number of hydrogen-bond acceptors (Lipinski definition) is 5. The maximum atomic E-state index is 8.72. The monoisotopic (exact) mass is 265 g/mol. The molecule has 1 rings (SSSR count). The number of ether oxygens (including phenoxy) is 2. The Bertz CT molecular complexity index is 199. The van der Waals surface area contributed by atoms with Crippen LogP contribution in [0.2, 0.25) is 0 Å². The topological polar surface area (TPSA) is 79.2 Å². The van der Waals surface area contributed by atoms with Crippen molar-refractivity contribution in [2.24, 2.45) is 0 Å². The lowest BCUT2D eigenvalue weighted by atomic mass is 10.1. The fourth-order valence-corrected chi connectivity index (χ4v) is 1.39. The molecule has 2 radical (unpaired) electrons. The first-order valence-electron chi connectivity index (χ1n) is 5.48. The molecule has 1 unspecified atom stereocenters. The summed E-state index contributed by atoms with van der Waals surface area (Å²) in [4.78, 5) is 26.2. The molecule has 1 atom stereocenters. The molecule has 7 heteroatoms. The van der Waals surface area contributed by atoms with Gasteiger partial charge in [0.2, 0.25) is 0 Å². The molecule has 17 heavy (non-hydrogen) atoms. The molecule has 5 nitrogen and oxygen atoms in total. The van der Waals surface area contributed by atoms with E-state index in [1.807, 2.05) is 13.8 Å². The first-order valence-corrected chi connectivity index (χ1v) is 7.13. The van der Waals surface area contributed by atoms with Gasteiger partial charge in [0.25, 0.3) is 0 Å². The number of methoxy groups -OCH3 is 1. The Balaban J connectivity index is 0. The second-order valence-corrected chi connectivity index (χ2v) is 4.77. The van der Waals surface area contributed by atoms with E-state index in [1.54, 1.807) is 14.2 Å². The molecular weight excluding hydrogens is 242 g/mol. The Labute approximate surface area is 105 Å². The van der Waals surface area contributed by atoms with Gasteiger partial charge in [-0.1, -0.05) is 13.8 Å². The van der Waals surface area contributed by atoms with Crippen molar-refractivity contribution in [2.75, 3.05) is 20.8 Å². The third-order valence-corrected chi connectivity index (χ3v) is 2.51. The van der Waals surface area contributed by atoms with Gasteiger partial charge in [0, 0.05) is 20.8 Å². The van der Waals surface area contributed by atoms with E-state index in [0.717, 1.165) is 12.8 Å². The largest absolute Gasteiger partial charge is 0.424 e. The highest BCUT2D eigenvalue weighted by atomic mass is 31.2. The van der Waals surface area contributed by atoms with Crippen LogP contribution in [0.1, 0.15) is 26.7 Å². The highest BCUT2D eigenvalue weighted by Crippen LogP contribution is 2.52. The maximum absolute atomic E-state index is 8.72. The summed E-state index contributed by atoms with van der Waals surface area (Å²) >= 11 is 0. The summed E-state index contributed by atoms with van der Waals surface area (Å²) in [7, 11) is 4.46. The molecule has 3 N–H and O–H groups in total. The van der Waals surface area contributed by atoms with Crippen molar-refractivity contribution in [2.45, 2.75) is 32.8 Å². The maximum Gasteiger partial charge on any atom is 0.424 e. The van der Waals surface area contributed by atoms with Crippen LogP contribution in [0.25, 0.3) is 0 Å². The van der Waals surface area contributed by atoms with Gasteiger partial charge in [-0.05, 0) is 18.9 Å². The van der Waals surface area contributed by atoms with Crippen molar-refractivity contribution in [1.29, 1.82) is 0 Å². The summed E-state index contributed by atoms with van der Waals surface area (Å²) in [6, 6.07) is 0. The van der Waals surface area contributed by atoms with Gasteiger partial charge in [-0.3, -0.25) is 0 Å². The normalized spacial score (nSPS) is 19.9. The molecule has 0 spiro atoms. The lowest BCUT2D eigenvalue weighted by Gasteiger charge is -2.07. The summed E-state index contributed by atoms with van der Waals surface area (Å²) in [5, 5.41) is -0.283. The van der Waals surface area contributed by atoms with Gasteiger partial charge < -0.3 is 9.47 Å². The smallest absolute Gasteiger partial charge is 0.388 e. The molecule has 0 aromatic heterocycles. The van der Waals surface area contributed by atoms with Crippen molar-refractivity contribution < 1.29 is 24.2 Å². The minimum atomic E-state index is -4.00. The van der Waals surface area contributed by atoms with Crippen LogP contribution in [-0.4, -0.2) is 49.5 Å². The lowest BCUT2D eigenvalue weighted by molar-refractivity contribution is 0.145. The van der Waals surface area contributed by atoms with Crippen LogP contribution in [0.4, 0.5) is 0 Å². The predicted molar refractivity (Wildman–Crippen MR) is 70.7 cm³/mol. The van der Waals surface area contributed by atoms with Crippen LogP contribution in [-0.2, 0) is 9.47 Å². The van der Waals surface area contributed by atoms with Crippen LogP contribution in [0.5, 0.6) is 0 Å². The van der Waals surface area contributed by atoms with Crippen molar-refractivity contribution in [1.82, 2.24) is 0 Å². The minimum Gasteiger partial charge on any atom is -0.388 e. The van der Waals surface area contributed by atoms with E-state index in [1.165, 1.54) is 6.08 Å². The average Bonchev–Trinajstić information content (AvgIpc) is 2.73. The van der Waals surface area contributed by atoms with E-state index in [9.17, 15) is 0 Å². The summed E-state index contributed by atoms with van der Waals surface area (Å²) in [6.45, 7) is 4.65. The average molecular weight is 265 g/mol. The van der Waals surface area contributed by atoms with Crippen molar-refractivity contribution in [3.8, 4) is 0 Å². The van der Waals surface area contributed by atoms with Gasteiger partial charge in [0.1, 0.15) is 0 Å². The van der Waals surface area contributed by atoms with Gasteiger partial charge in [0.05, 0.1) is 11.3 Å². The first kappa shape index (κ1) is 19.4. The molecule has 1 saturated heterocycles. The third-order valence-electron chi connectivity index (χ3n) is 1.67. The van der Waals surface area contributed by atoms with Crippen LogP contribution in [0.3, 0.4) is 0 Å². The molecule has 0 saturated carbocycles.